The zero-order valence-corrected chi connectivity index (χ0v) is 14.6. The molecule has 5 nitrogen and oxygen atoms in total. The lowest BCUT2D eigenvalue weighted by Crippen LogP contribution is -2.35. The van der Waals surface area contributed by atoms with Gasteiger partial charge in [-0.1, -0.05) is 15.9 Å². The minimum absolute atomic E-state index is 0. The van der Waals surface area contributed by atoms with E-state index in [9.17, 15) is 9.59 Å². The smallest absolute Gasteiger partial charge is 0.243 e. The van der Waals surface area contributed by atoms with Crippen LogP contribution in [0, 0.1) is 6.92 Å². The van der Waals surface area contributed by atoms with E-state index in [0.717, 1.165) is 15.7 Å². The summed E-state index contributed by atoms with van der Waals surface area (Å²) in [5.41, 5.74) is 7.07. The van der Waals surface area contributed by atoms with Crippen molar-refractivity contribution in [1.82, 2.24) is 4.90 Å². The minimum atomic E-state index is -0.209. The standard InChI is InChI=1S/C14H20BrN3O2.ClH/c1-10-8-11(15)5-6-12(10)17-13(19)9-18(2)14(20)4-3-7-16;/h5-6,8H,3-4,7,9,16H2,1-2H3,(H,17,19);1H. The first-order chi connectivity index (χ1) is 9.43. The van der Waals surface area contributed by atoms with Crippen LogP contribution in [0.5, 0.6) is 0 Å². The van der Waals surface area contributed by atoms with E-state index in [0.29, 0.717) is 19.4 Å². The maximum absolute atomic E-state index is 11.9. The highest BCUT2D eigenvalue weighted by Gasteiger charge is 2.13. The molecule has 0 heterocycles. The Morgan fingerprint density at radius 2 is 2.05 bits per heavy atom. The Balaban J connectivity index is 0.00000400. The highest BCUT2D eigenvalue weighted by atomic mass is 79.9. The fraction of sp³-hybridized carbons (Fsp3) is 0.429. The van der Waals surface area contributed by atoms with E-state index in [1.54, 1.807) is 7.05 Å². The second kappa shape index (κ2) is 9.76. The Labute approximate surface area is 139 Å². The number of halogens is 2. The molecule has 0 aliphatic carbocycles. The van der Waals surface area contributed by atoms with E-state index in [1.165, 1.54) is 4.90 Å². The molecule has 0 saturated heterocycles. The molecular weight excluding hydrogens is 358 g/mol. The fourth-order valence-electron chi connectivity index (χ4n) is 1.70. The Bertz CT molecular complexity index is 497. The minimum Gasteiger partial charge on any atom is -0.336 e. The first-order valence-electron chi connectivity index (χ1n) is 6.44. The van der Waals surface area contributed by atoms with Crippen LogP contribution in [0.15, 0.2) is 22.7 Å². The van der Waals surface area contributed by atoms with E-state index in [2.05, 4.69) is 21.2 Å². The van der Waals surface area contributed by atoms with Gasteiger partial charge in [0.15, 0.2) is 0 Å². The van der Waals surface area contributed by atoms with Gasteiger partial charge in [0, 0.05) is 23.6 Å². The summed E-state index contributed by atoms with van der Waals surface area (Å²) in [6, 6.07) is 5.61. The average molecular weight is 379 g/mol. The molecule has 7 heteroatoms. The topological polar surface area (TPSA) is 75.4 Å². The third kappa shape index (κ3) is 6.93. The Kier molecular flexibility index (Phi) is 9.24. The van der Waals surface area contributed by atoms with Gasteiger partial charge in [-0.2, -0.15) is 0 Å². The van der Waals surface area contributed by atoms with Crippen molar-refractivity contribution in [1.29, 1.82) is 0 Å². The number of nitrogens with one attached hydrogen (secondary N) is 1. The first kappa shape index (κ1) is 19.9. The highest BCUT2D eigenvalue weighted by molar-refractivity contribution is 9.10. The second-order valence-electron chi connectivity index (χ2n) is 4.65. The predicted octanol–water partition coefficient (Wildman–Crippen LogP) is 2.32. The average Bonchev–Trinajstić information content (AvgIpc) is 2.39. The SMILES string of the molecule is Cc1cc(Br)ccc1NC(=O)CN(C)C(=O)CCCN.Cl. The number of carbonyl (C=O) groups excluding carboxylic acids is 2. The molecule has 0 fully saturated rings. The summed E-state index contributed by atoms with van der Waals surface area (Å²) in [6.45, 7) is 2.43. The summed E-state index contributed by atoms with van der Waals surface area (Å²) in [4.78, 5) is 25.0. The van der Waals surface area contributed by atoms with Gasteiger partial charge in [-0.25, -0.2) is 0 Å². The molecule has 0 aliphatic heterocycles. The number of amides is 2. The van der Waals surface area contributed by atoms with Gasteiger partial charge in [0.25, 0.3) is 0 Å². The van der Waals surface area contributed by atoms with Crippen molar-refractivity contribution in [2.24, 2.45) is 5.73 Å². The van der Waals surface area contributed by atoms with Gasteiger partial charge in [0.2, 0.25) is 11.8 Å². The molecule has 1 aromatic carbocycles. The molecule has 21 heavy (non-hydrogen) atoms. The monoisotopic (exact) mass is 377 g/mol. The zero-order chi connectivity index (χ0) is 15.1. The molecule has 1 aromatic rings. The van der Waals surface area contributed by atoms with Crippen LogP contribution in [0.25, 0.3) is 0 Å². The predicted molar refractivity (Wildman–Crippen MR) is 90.7 cm³/mol. The van der Waals surface area contributed by atoms with Crippen LogP contribution in [-0.2, 0) is 9.59 Å². The van der Waals surface area contributed by atoms with Crippen LogP contribution in [0.1, 0.15) is 18.4 Å². The summed E-state index contributed by atoms with van der Waals surface area (Å²) in [5.74, 6) is -0.280. The molecule has 0 atom stereocenters. The summed E-state index contributed by atoms with van der Waals surface area (Å²) in [7, 11) is 1.62. The molecule has 0 spiro atoms. The van der Waals surface area contributed by atoms with Crippen molar-refractivity contribution in [2.75, 3.05) is 25.5 Å². The van der Waals surface area contributed by atoms with E-state index in [-0.39, 0.29) is 30.8 Å². The number of hydrogen-bond donors (Lipinski definition) is 2. The van der Waals surface area contributed by atoms with Crippen molar-refractivity contribution < 1.29 is 9.59 Å². The number of anilines is 1. The van der Waals surface area contributed by atoms with E-state index < -0.39 is 0 Å². The number of rotatable bonds is 6. The number of nitrogens with two attached hydrogens (primary N) is 1. The molecule has 0 bridgehead atoms. The van der Waals surface area contributed by atoms with E-state index in [1.807, 2.05) is 25.1 Å². The van der Waals surface area contributed by atoms with Crippen molar-refractivity contribution in [3.05, 3.63) is 28.2 Å². The molecule has 2 amide bonds. The van der Waals surface area contributed by atoms with Crippen LogP contribution in [0.4, 0.5) is 5.69 Å². The van der Waals surface area contributed by atoms with Crippen LogP contribution >= 0.6 is 28.3 Å². The van der Waals surface area contributed by atoms with Crippen molar-refractivity contribution >= 4 is 45.8 Å². The molecule has 0 aromatic heterocycles. The summed E-state index contributed by atoms with van der Waals surface area (Å²) < 4.78 is 0.960. The van der Waals surface area contributed by atoms with Crippen molar-refractivity contribution in [3.63, 3.8) is 0 Å². The van der Waals surface area contributed by atoms with Gasteiger partial charge in [0.05, 0.1) is 6.54 Å². The third-order valence-electron chi connectivity index (χ3n) is 2.86. The van der Waals surface area contributed by atoms with Gasteiger partial charge >= 0.3 is 0 Å². The van der Waals surface area contributed by atoms with Gasteiger partial charge in [-0.15, -0.1) is 12.4 Å². The van der Waals surface area contributed by atoms with Crippen molar-refractivity contribution in [3.8, 4) is 0 Å². The normalized spacial score (nSPS) is 9.71. The lowest BCUT2D eigenvalue weighted by molar-refractivity contribution is -0.133. The first-order valence-corrected chi connectivity index (χ1v) is 7.23. The third-order valence-corrected chi connectivity index (χ3v) is 3.36. The molecule has 0 unspecified atom stereocenters. The van der Waals surface area contributed by atoms with Gasteiger partial charge in [-0.05, 0) is 43.7 Å². The molecule has 0 aliphatic rings. The number of likely N-dealkylation sites (N-methyl/N-ethyl adjacent to an activating group) is 1. The van der Waals surface area contributed by atoms with Crippen LogP contribution in [-0.4, -0.2) is 36.9 Å². The largest absolute Gasteiger partial charge is 0.336 e. The number of carbonyl (C=O) groups is 2. The zero-order valence-electron chi connectivity index (χ0n) is 12.2. The van der Waals surface area contributed by atoms with Gasteiger partial charge < -0.3 is 16.0 Å². The molecule has 0 radical (unpaired) electrons. The second-order valence-corrected chi connectivity index (χ2v) is 5.57. The summed E-state index contributed by atoms with van der Waals surface area (Å²) >= 11 is 3.37. The summed E-state index contributed by atoms with van der Waals surface area (Å²) in [5, 5.41) is 2.80. The quantitative estimate of drug-likeness (QED) is 0.797. The molecule has 3 N–H and O–H groups in total. The lowest BCUT2D eigenvalue weighted by atomic mass is 10.2. The van der Waals surface area contributed by atoms with E-state index in [4.69, 9.17) is 5.73 Å². The maximum atomic E-state index is 11.9. The van der Waals surface area contributed by atoms with Gasteiger partial charge in [-0.3, -0.25) is 9.59 Å². The highest BCUT2D eigenvalue weighted by Crippen LogP contribution is 2.19. The molecule has 118 valence electrons. The maximum Gasteiger partial charge on any atom is 0.243 e. The van der Waals surface area contributed by atoms with Crippen molar-refractivity contribution in [2.45, 2.75) is 19.8 Å². The van der Waals surface area contributed by atoms with Crippen LogP contribution < -0.4 is 11.1 Å². The molecular formula is C14H21BrClN3O2. The van der Waals surface area contributed by atoms with Crippen LogP contribution in [0.2, 0.25) is 0 Å². The van der Waals surface area contributed by atoms with Crippen LogP contribution in [0.3, 0.4) is 0 Å². The summed E-state index contributed by atoms with van der Waals surface area (Å²) in [6.07, 6.45) is 1.01. The van der Waals surface area contributed by atoms with Gasteiger partial charge in [0.1, 0.15) is 0 Å². The number of benzene rings is 1. The molecule has 0 saturated carbocycles. The lowest BCUT2D eigenvalue weighted by Gasteiger charge is -2.17. The molecule has 1 rings (SSSR count). The fourth-order valence-corrected chi connectivity index (χ4v) is 2.18. The number of aryl methyl sites for hydroxylation is 1. The van der Waals surface area contributed by atoms with E-state index >= 15 is 0 Å². The number of nitrogens with zero attached hydrogens (tertiary/aromatic N) is 1. The Hall–Kier alpha value is -1.11. The number of hydrogen-bond acceptors (Lipinski definition) is 3. The Morgan fingerprint density at radius 1 is 1.38 bits per heavy atom. The Morgan fingerprint density at radius 3 is 2.62 bits per heavy atom.